The van der Waals surface area contributed by atoms with Gasteiger partial charge in [0.25, 0.3) is 0 Å². The van der Waals surface area contributed by atoms with Crippen LogP contribution in [0.1, 0.15) is 24.8 Å². The Kier molecular flexibility index (Phi) is 5.00. The van der Waals surface area contributed by atoms with E-state index in [2.05, 4.69) is 4.72 Å². The summed E-state index contributed by atoms with van der Waals surface area (Å²) in [5, 5.41) is 8.90. The number of nitrogens with zero attached hydrogens (tertiary/aromatic N) is 1. The lowest BCUT2D eigenvalue weighted by Gasteiger charge is -2.22. The Balaban J connectivity index is 2.06. The van der Waals surface area contributed by atoms with Crippen LogP contribution in [-0.4, -0.2) is 27.7 Å². The SMILES string of the molecule is N#Cc1ccc(S(=O)(=O)NCC2CCCCO2)cc1Cl. The van der Waals surface area contributed by atoms with Crippen LogP contribution in [0.3, 0.4) is 0 Å². The van der Waals surface area contributed by atoms with Crippen molar-refractivity contribution in [3.8, 4) is 6.07 Å². The van der Waals surface area contributed by atoms with Crippen molar-refractivity contribution in [3.05, 3.63) is 28.8 Å². The summed E-state index contributed by atoms with van der Waals surface area (Å²) < 4.78 is 32.2. The van der Waals surface area contributed by atoms with Crippen LogP contribution in [0, 0.1) is 11.3 Å². The fraction of sp³-hybridized carbons (Fsp3) is 0.462. The summed E-state index contributed by atoms with van der Waals surface area (Å²) in [5.41, 5.74) is 0.251. The smallest absolute Gasteiger partial charge is 0.240 e. The molecule has 1 N–H and O–H groups in total. The molecule has 2 rings (SSSR count). The van der Waals surface area contributed by atoms with Crippen molar-refractivity contribution in [1.29, 1.82) is 5.26 Å². The summed E-state index contributed by atoms with van der Waals surface area (Å²) in [6.45, 7) is 0.926. The first-order valence-corrected chi connectivity index (χ1v) is 8.20. The highest BCUT2D eigenvalue weighted by Crippen LogP contribution is 2.20. The molecule has 0 radical (unpaired) electrons. The molecule has 1 aliphatic heterocycles. The molecular weight excluding hydrogens is 300 g/mol. The largest absolute Gasteiger partial charge is 0.377 e. The quantitative estimate of drug-likeness (QED) is 0.922. The predicted molar refractivity (Wildman–Crippen MR) is 74.9 cm³/mol. The molecule has 1 atom stereocenters. The Bertz CT molecular complexity index is 619. The van der Waals surface area contributed by atoms with Gasteiger partial charge < -0.3 is 4.74 Å². The molecule has 20 heavy (non-hydrogen) atoms. The summed E-state index contributed by atoms with van der Waals surface area (Å²) >= 11 is 5.85. The van der Waals surface area contributed by atoms with Crippen molar-refractivity contribution >= 4 is 21.6 Å². The molecule has 1 saturated heterocycles. The molecule has 7 heteroatoms. The normalized spacial score (nSPS) is 19.5. The summed E-state index contributed by atoms with van der Waals surface area (Å²) in [4.78, 5) is 0.0531. The Morgan fingerprint density at radius 1 is 1.45 bits per heavy atom. The van der Waals surface area contributed by atoms with Gasteiger partial charge in [-0.25, -0.2) is 13.1 Å². The lowest BCUT2D eigenvalue weighted by Crippen LogP contribution is -2.35. The van der Waals surface area contributed by atoms with Crippen molar-refractivity contribution in [2.45, 2.75) is 30.3 Å². The standard InChI is InChI=1S/C13H15ClN2O3S/c14-13-7-12(5-4-10(13)8-15)20(17,18)16-9-11-3-1-2-6-19-11/h4-5,7,11,16H,1-3,6,9H2. The Morgan fingerprint density at radius 2 is 2.25 bits per heavy atom. The zero-order chi connectivity index (χ0) is 14.6. The molecule has 0 aliphatic carbocycles. The van der Waals surface area contributed by atoms with Gasteiger partial charge in [-0.1, -0.05) is 11.6 Å². The molecule has 0 amide bonds. The number of halogens is 1. The van der Waals surface area contributed by atoms with Gasteiger partial charge in [0, 0.05) is 13.2 Å². The topological polar surface area (TPSA) is 79.2 Å². The lowest BCUT2D eigenvalue weighted by atomic mass is 10.1. The first-order chi connectivity index (χ1) is 9.53. The van der Waals surface area contributed by atoms with Crippen LogP contribution < -0.4 is 4.72 Å². The molecule has 1 aliphatic rings. The van der Waals surface area contributed by atoms with Gasteiger partial charge in [-0.05, 0) is 37.5 Å². The molecule has 1 fully saturated rings. The summed E-state index contributed by atoms with van der Waals surface area (Å²) in [5.74, 6) is 0. The Morgan fingerprint density at radius 3 is 2.85 bits per heavy atom. The number of nitrogens with one attached hydrogen (secondary N) is 1. The highest BCUT2D eigenvalue weighted by Gasteiger charge is 2.20. The molecule has 0 spiro atoms. The highest BCUT2D eigenvalue weighted by molar-refractivity contribution is 7.89. The van der Waals surface area contributed by atoms with Crippen LogP contribution in [0.2, 0.25) is 5.02 Å². The second kappa shape index (κ2) is 6.55. The van der Waals surface area contributed by atoms with E-state index >= 15 is 0 Å². The fourth-order valence-electron chi connectivity index (χ4n) is 2.01. The van der Waals surface area contributed by atoms with Crippen molar-refractivity contribution in [3.63, 3.8) is 0 Å². The third kappa shape index (κ3) is 3.70. The van der Waals surface area contributed by atoms with E-state index in [0.717, 1.165) is 19.3 Å². The maximum Gasteiger partial charge on any atom is 0.240 e. The number of hydrogen-bond acceptors (Lipinski definition) is 4. The average Bonchev–Trinajstić information content (AvgIpc) is 2.46. The number of nitriles is 1. The summed E-state index contributed by atoms with van der Waals surface area (Å²) in [6, 6.07) is 5.94. The van der Waals surface area contributed by atoms with E-state index in [0.29, 0.717) is 6.61 Å². The number of hydrogen-bond donors (Lipinski definition) is 1. The number of ether oxygens (including phenoxy) is 1. The maximum absolute atomic E-state index is 12.1. The molecule has 0 bridgehead atoms. The first-order valence-electron chi connectivity index (χ1n) is 6.34. The zero-order valence-corrected chi connectivity index (χ0v) is 12.4. The second-order valence-corrected chi connectivity index (χ2v) is 6.77. The van der Waals surface area contributed by atoms with Crippen LogP contribution in [-0.2, 0) is 14.8 Å². The first kappa shape index (κ1) is 15.3. The van der Waals surface area contributed by atoms with Crippen LogP contribution >= 0.6 is 11.6 Å². The van der Waals surface area contributed by atoms with Gasteiger partial charge in [0.15, 0.2) is 0 Å². The van der Waals surface area contributed by atoms with E-state index < -0.39 is 10.0 Å². The van der Waals surface area contributed by atoms with Crippen molar-refractivity contribution in [2.75, 3.05) is 13.2 Å². The van der Waals surface area contributed by atoms with Crippen LogP contribution in [0.4, 0.5) is 0 Å². The Hall–Kier alpha value is -1.13. The van der Waals surface area contributed by atoms with E-state index in [1.807, 2.05) is 6.07 Å². The van der Waals surface area contributed by atoms with Gasteiger partial charge in [-0.3, -0.25) is 0 Å². The van der Waals surface area contributed by atoms with E-state index in [9.17, 15) is 8.42 Å². The van der Waals surface area contributed by atoms with Crippen molar-refractivity contribution in [1.82, 2.24) is 4.72 Å². The minimum absolute atomic E-state index is 0.0531. The summed E-state index contributed by atoms with van der Waals surface area (Å²) in [6.07, 6.45) is 2.85. The number of rotatable bonds is 4. The lowest BCUT2D eigenvalue weighted by molar-refractivity contribution is 0.0200. The monoisotopic (exact) mass is 314 g/mol. The maximum atomic E-state index is 12.1. The van der Waals surface area contributed by atoms with E-state index in [1.165, 1.54) is 18.2 Å². The molecule has 5 nitrogen and oxygen atoms in total. The minimum atomic E-state index is -3.63. The van der Waals surface area contributed by atoms with E-state index in [-0.39, 0.29) is 28.1 Å². The number of sulfonamides is 1. The van der Waals surface area contributed by atoms with E-state index in [4.69, 9.17) is 21.6 Å². The fourth-order valence-corrected chi connectivity index (χ4v) is 3.39. The molecule has 0 aromatic heterocycles. The zero-order valence-electron chi connectivity index (χ0n) is 10.8. The molecule has 0 saturated carbocycles. The van der Waals surface area contributed by atoms with Gasteiger partial charge in [0.1, 0.15) is 6.07 Å². The third-order valence-corrected chi connectivity index (χ3v) is 4.88. The van der Waals surface area contributed by atoms with Gasteiger partial charge in [0.2, 0.25) is 10.0 Å². The molecular formula is C13H15ClN2O3S. The predicted octanol–water partition coefficient (Wildman–Crippen LogP) is 2.06. The molecule has 1 aromatic rings. The van der Waals surface area contributed by atoms with Gasteiger partial charge in [-0.2, -0.15) is 5.26 Å². The van der Waals surface area contributed by atoms with Crippen molar-refractivity contribution < 1.29 is 13.2 Å². The molecule has 108 valence electrons. The van der Waals surface area contributed by atoms with Crippen molar-refractivity contribution in [2.24, 2.45) is 0 Å². The van der Waals surface area contributed by atoms with Crippen LogP contribution in [0.5, 0.6) is 0 Å². The van der Waals surface area contributed by atoms with Crippen LogP contribution in [0.15, 0.2) is 23.1 Å². The Labute approximate surface area is 123 Å². The van der Waals surface area contributed by atoms with Gasteiger partial charge in [-0.15, -0.1) is 0 Å². The highest BCUT2D eigenvalue weighted by atomic mass is 35.5. The van der Waals surface area contributed by atoms with Gasteiger partial charge >= 0.3 is 0 Å². The van der Waals surface area contributed by atoms with Crippen LogP contribution in [0.25, 0.3) is 0 Å². The van der Waals surface area contributed by atoms with Gasteiger partial charge in [0.05, 0.1) is 21.6 Å². The number of benzene rings is 1. The molecule has 1 heterocycles. The average molecular weight is 315 g/mol. The summed E-state index contributed by atoms with van der Waals surface area (Å²) in [7, 11) is -3.63. The minimum Gasteiger partial charge on any atom is -0.377 e. The molecule has 1 aromatic carbocycles. The third-order valence-electron chi connectivity index (χ3n) is 3.15. The van der Waals surface area contributed by atoms with E-state index in [1.54, 1.807) is 0 Å². The molecule has 1 unspecified atom stereocenters. The second-order valence-electron chi connectivity index (χ2n) is 4.59.